The Morgan fingerprint density at radius 2 is 0.682 bits per heavy atom. The first kappa shape index (κ1) is 17.8. The van der Waals surface area contributed by atoms with Crippen LogP contribution in [0.25, 0.3) is 0 Å². The molecule has 0 bridgehead atoms. The van der Waals surface area contributed by atoms with E-state index in [1.54, 1.807) is 0 Å². The first-order valence-electron chi connectivity index (χ1n) is 10.3. The largest absolute Gasteiger partial charge is 0.0885 e. The monoisotopic (exact) mass is 302 g/mol. The zero-order chi connectivity index (χ0) is 15.3. The molecule has 0 unspecified atom stereocenters. The molecule has 22 heavy (non-hydrogen) atoms. The van der Waals surface area contributed by atoms with Gasteiger partial charge in [-0.15, -0.1) is 0 Å². The van der Waals surface area contributed by atoms with E-state index in [1.807, 2.05) is 11.1 Å². The minimum Gasteiger partial charge on any atom is -0.0885 e. The van der Waals surface area contributed by atoms with E-state index in [4.69, 9.17) is 0 Å². The number of allylic oxidation sites excluding steroid dienone is 4. The molecule has 2 rings (SSSR count). The summed E-state index contributed by atoms with van der Waals surface area (Å²) in [7, 11) is 0. The summed E-state index contributed by atoms with van der Waals surface area (Å²) in [5, 5.41) is 0. The van der Waals surface area contributed by atoms with Crippen molar-refractivity contribution in [1.82, 2.24) is 0 Å². The highest BCUT2D eigenvalue weighted by molar-refractivity contribution is 5.15. The van der Waals surface area contributed by atoms with Crippen molar-refractivity contribution in [3.63, 3.8) is 0 Å². The fraction of sp³-hybridized carbons (Fsp3) is 0.818. The van der Waals surface area contributed by atoms with Crippen LogP contribution in [0.4, 0.5) is 0 Å². The third-order valence-corrected chi connectivity index (χ3v) is 5.57. The summed E-state index contributed by atoms with van der Waals surface area (Å²) in [4.78, 5) is 0. The van der Waals surface area contributed by atoms with Crippen LogP contribution in [-0.2, 0) is 0 Å². The summed E-state index contributed by atoms with van der Waals surface area (Å²) in [5.74, 6) is 0. The topological polar surface area (TPSA) is 0 Å². The Bertz CT molecular complexity index is 302. The van der Waals surface area contributed by atoms with Crippen molar-refractivity contribution in [2.45, 2.75) is 116 Å². The third-order valence-electron chi connectivity index (χ3n) is 5.57. The Kier molecular flexibility index (Phi) is 9.70. The molecule has 0 amide bonds. The minimum atomic E-state index is 1.31. The Balaban J connectivity index is 1.98. The van der Waals surface area contributed by atoms with Gasteiger partial charge in [0.1, 0.15) is 0 Å². The first-order valence-corrected chi connectivity index (χ1v) is 10.3. The highest BCUT2D eigenvalue weighted by Gasteiger charge is 2.09. The SMILES string of the molecule is C1=C\CCCC/C2=C(/CCCC/1)CCCCCCCCCC2. The van der Waals surface area contributed by atoms with Gasteiger partial charge in [0.25, 0.3) is 0 Å². The Morgan fingerprint density at radius 1 is 0.364 bits per heavy atom. The lowest BCUT2D eigenvalue weighted by atomic mass is 9.89. The Labute approximate surface area is 139 Å². The minimum absolute atomic E-state index is 1.31. The predicted molar refractivity (Wildman–Crippen MR) is 99.3 cm³/mol. The lowest BCUT2D eigenvalue weighted by Crippen LogP contribution is -1.98. The molecule has 0 fully saturated rings. The molecule has 0 heterocycles. The van der Waals surface area contributed by atoms with Crippen molar-refractivity contribution in [3.8, 4) is 0 Å². The van der Waals surface area contributed by atoms with E-state index in [9.17, 15) is 0 Å². The maximum Gasteiger partial charge on any atom is -0.0318 e. The van der Waals surface area contributed by atoms with Gasteiger partial charge in [0.05, 0.1) is 0 Å². The molecule has 0 saturated heterocycles. The standard InChI is InChI=1S/C22H38/c1-2-6-10-14-18-22-20-16-12-8-4-3-7-11-15-19-21(22)17-13-9-5-1/h1-2H,3-20H2/b2-1-,22-21+. The average molecular weight is 303 g/mol. The van der Waals surface area contributed by atoms with Crippen LogP contribution >= 0.6 is 0 Å². The second-order valence-corrected chi connectivity index (χ2v) is 7.50. The zero-order valence-electron chi connectivity index (χ0n) is 14.9. The summed E-state index contributed by atoms with van der Waals surface area (Å²) >= 11 is 0. The average Bonchev–Trinajstić information content (AvgIpc) is 2.51. The van der Waals surface area contributed by atoms with Gasteiger partial charge in [-0.05, 0) is 77.0 Å². The molecular weight excluding hydrogens is 264 g/mol. The highest BCUT2D eigenvalue weighted by Crippen LogP contribution is 2.29. The summed E-state index contributed by atoms with van der Waals surface area (Å²) in [6.45, 7) is 0. The van der Waals surface area contributed by atoms with Gasteiger partial charge in [-0.2, -0.15) is 0 Å². The molecule has 0 heteroatoms. The first-order chi connectivity index (χ1) is 11.0. The van der Waals surface area contributed by atoms with Gasteiger partial charge in [0.2, 0.25) is 0 Å². The summed E-state index contributed by atoms with van der Waals surface area (Å²) in [6.07, 6.45) is 30.5. The lowest BCUT2D eigenvalue weighted by molar-refractivity contribution is 0.544. The molecule has 0 N–H and O–H groups in total. The van der Waals surface area contributed by atoms with Crippen molar-refractivity contribution in [1.29, 1.82) is 0 Å². The van der Waals surface area contributed by atoms with Gasteiger partial charge < -0.3 is 0 Å². The van der Waals surface area contributed by atoms with E-state index in [2.05, 4.69) is 12.2 Å². The van der Waals surface area contributed by atoms with Crippen LogP contribution in [0.5, 0.6) is 0 Å². The fourth-order valence-corrected chi connectivity index (χ4v) is 4.13. The van der Waals surface area contributed by atoms with Crippen LogP contribution in [0, 0.1) is 0 Å². The summed E-state index contributed by atoms with van der Waals surface area (Å²) in [6, 6.07) is 0. The molecule has 0 aromatic rings. The van der Waals surface area contributed by atoms with Gasteiger partial charge in [-0.1, -0.05) is 61.8 Å². The molecule has 0 nitrogen and oxygen atoms in total. The number of rotatable bonds is 0. The van der Waals surface area contributed by atoms with Crippen LogP contribution in [0.2, 0.25) is 0 Å². The van der Waals surface area contributed by atoms with E-state index in [-0.39, 0.29) is 0 Å². The second kappa shape index (κ2) is 12.0. The Hall–Kier alpha value is -0.520. The van der Waals surface area contributed by atoms with Crippen LogP contribution in [0.1, 0.15) is 116 Å². The van der Waals surface area contributed by atoms with Crippen molar-refractivity contribution in [2.75, 3.05) is 0 Å². The van der Waals surface area contributed by atoms with Crippen LogP contribution in [0.3, 0.4) is 0 Å². The maximum absolute atomic E-state index is 2.43. The van der Waals surface area contributed by atoms with Gasteiger partial charge in [0, 0.05) is 0 Å². The van der Waals surface area contributed by atoms with E-state index >= 15 is 0 Å². The summed E-state index contributed by atoms with van der Waals surface area (Å²) < 4.78 is 0. The van der Waals surface area contributed by atoms with E-state index in [1.165, 1.54) is 116 Å². The Morgan fingerprint density at radius 3 is 1.09 bits per heavy atom. The molecule has 2 aliphatic rings. The van der Waals surface area contributed by atoms with Crippen molar-refractivity contribution in [3.05, 3.63) is 23.3 Å². The van der Waals surface area contributed by atoms with Crippen molar-refractivity contribution >= 4 is 0 Å². The van der Waals surface area contributed by atoms with Gasteiger partial charge in [-0.3, -0.25) is 0 Å². The van der Waals surface area contributed by atoms with Crippen molar-refractivity contribution < 1.29 is 0 Å². The fourth-order valence-electron chi connectivity index (χ4n) is 4.13. The van der Waals surface area contributed by atoms with Crippen LogP contribution in [0.15, 0.2) is 23.3 Å². The van der Waals surface area contributed by atoms with E-state index in [0.717, 1.165) is 0 Å². The molecule has 0 aliphatic heterocycles. The molecular formula is C22H38. The normalized spacial score (nSPS) is 29.1. The molecule has 0 aromatic carbocycles. The maximum atomic E-state index is 2.43. The van der Waals surface area contributed by atoms with Crippen LogP contribution < -0.4 is 0 Å². The molecule has 2 aliphatic carbocycles. The van der Waals surface area contributed by atoms with Gasteiger partial charge >= 0.3 is 0 Å². The second-order valence-electron chi connectivity index (χ2n) is 7.50. The predicted octanol–water partition coefficient (Wildman–Crippen LogP) is 7.89. The third kappa shape index (κ3) is 7.65. The quantitative estimate of drug-likeness (QED) is 0.399. The molecule has 0 atom stereocenters. The van der Waals surface area contributed by atoms with Crippen LogP contribution in [-0.4, -0.2) is 0 Å². The lowest BCUT2D eigenvalue weighted by Gasteiger charge is -2.18. The zero-order valence-corrected chi connectivity index (χ0v) is 14.9. The molecule has 0 saturated carbocycles. The number of hydrogen-bond acceptors (Lipinski definition) is 0. The van der Waals surface area contributed by atoms with Gasteiger partial charge in [0.15, 0.2) is 0 Å². The number of hydrogen-bond donors (Lipinski definition) is 0. The molecule has 0 aromatic heterocycles. The molecule has 0 radical (unpaired) electrons. The summed E-state index contributed by atoms with van der Waals surface area (Å²) in [5.41, 5.74) is 3.79. The highest BCUT2D eigenvalue weighted by atomic mass is 14.2. The van der Waals surface area contributed by atoms with Crippen molar-refractivity contribution in [2.24, 2.45) is 0 Å². The smallest absolute Gasteiger partial charge is 0.0318 e. The van der Waals surface area contributed by atoms with E-state index < -0.39 is 0 Å². The van der Waals surface area contributed by atoms with Gasteiger partial charge in [-0.25, -0.2) is 0 Å². The van der Waals surface area contributed by atoms with E-state index in [0.29, 0.717) is 0 Å². The molecule has 0 spiro atoms. The molecule has 126 valence electrons.